The Kier molecular flexibility index (Phi) is 19.1. The first-order chi connectivity index (χ1) is 13.2. The molecule has 0 aliphatic heterocycles. The molecular formula is C25H40O2. The van der Waals surface area contributed by atoms with Crippen LogP contribution in [0, 0.1) is 5.92 Å². The summed E-state index contributed by atoms with van der Waals surface area (Å²) in [5.41, 5.74) is 0. The summed E-state index contributed by atoms with van der Waals surface area (Å²) in [6.07, 6.45) is 32.9. The largest absolute Gasteiger partial charge is 0.481 e. The third kappa shape index (κ3) is 18.8. The summed E-state index contributed by atoms with van der Waals surface area (Å²) in [5, 5.41) is 9.12. The van der Waals surface area contributed by atoms with Gasteiger partial charge in [0, 0.05) is 0 Å². The number of carboxylic acids is 1. The Hall–Kier alpha value is -1.83. The number of allylic oxidation sites excluding steroid dienone is 10. The number of hydrogen-bond donors (Lipinski definition) is 1. The molecule has 2 heteroatoms. The van der Waals surface area contributed by atoms with Crippen LogP contribution in [0.5, 0.6) is 0 Å². The first kappa shape index (κ1) is 25.2. The molecule has 2 nitrogen and oxygen atoms in total. The van der Waals surface area contributed by atoms with Crippen LogP contribution in [0.25, 0.3) is 0 Å². The highest BCUT2D eigenvalue weighted by molar-refractivity contribution is 5.69. The molecule has 0 radical (unpaired) electrons. The Morgan fingerprint density at radius 3 is 1.63 bits per heavy atom. The molecule has 0 bridgehead atoms. The summed E-state index contributed by atoms with van der Waals surface area (Å²) in [4.78, 5) is 11.1. The number of rotatable bonds is 17. The highest BCUT2D eigenvalue weighted by Gasteiger charge is 2.14. The van der Waals surface area contributed by atoms with Crippen molar-refractivity contribution in [1.29, 1.82) is 0 Å². The van der Waals surface area contributed by atoms with E-state index >= 15 is 0 Å². The van der Waals surface area contributed by atoms with Gasteiger partial charge in [-0.05, 0) is 57.8 Å². The molecule has 0 aliphatic rings. The van der Waals surface area contributed by atoms with Crippen molar-refractivity contribution in [2.24, 2.45) is 5.92 Å². The van der Waals surface area contributed by atoms with Crippen LogP contribution in [0.4, 0.5) is 0 Å². The van der Waals surface area contributed by atoms with Gasteiger partial charge in [0.05, 0.1) is 5.92 Å². The highest BCUT2D eigenvalue weighted by atomic mass is 16.4. The van der Waals surface area contributed by atoms with E-state index in [0.29, 0.717) is 0 Å². The Balaban J connectivity index is 3.58. The van der Waals surface area contributed by atoms with Gasteiger partial charge in [-0.15, -0.1) is 0 Å². The third-order valence-corrected chi connectivity index (χ3v) is 4.32. The van der Waals surface area contributed by atoms with E-state index in [1.807, 2.05) is 6.92 Å². The van der Waals surface area contributed by atoms with E-state index in [1.165, 1.54) is 0 Å². The van der Waals surface area contributed by atoms with E-state index in [4.69, 9.17) is 5.11 Å². The first-order valence-corrected chi connectivity index (χ1v) is 10.7. The lowest BCUT2D eigenvalue weighted by atomic mass is 9.97. The first-order valence-electron chi connectivity index (χ1n) is 10.7. The van der Waals surface area contributed by atoms with Gasteiger partial charge >= 0.3 is 5.97 Å². The van der Waals surface area contributed by atoms with Crippen molar-refractivity contribution in [2.75, 3.05) is 0 Å². The SMILES string of the molecule is CC/C=C\C/C=C\C/C=C\C/C=C\C/C=C\CCCCC(CCC)C(=O)O. The molecular weight excluding hydrogens is 332 g/mol. The second kappa shape index (κ2) is 20.5. The predicted molar refractivity (Wildman–Crippen MR) is 119 cm³/mol. The summed E-state index contributed by atoms with van der Waals surface area (Å²) < 4.78 is 0. The Labute approximate surface area is 167 Å². The van der Waals surface area contributed by atoms with E-state index in [9.17, 15) is 4.79 Å². The normalized spacial score (nSPS) is 13.9. The van der Waals surface area contributed by atoms with Gasteiger partial charge in [-0.3, -0.25) is 4.79 Å². The molecule has 0 fully saturated rings. The van der Waals surface area contributed by atoms with Crippen LogP contribution in [0.15, 0.2) is 60.8 Å². The van der Waals surface area contributed by atoms with Crippen LogP contribution in [-0.2, 0) is 4.79 Å². The lowest BCUT2D eigenvalue weighted by Gasteiger charge is -2.09. The fraction of sp³-hybridized carbons (Fsp3) is 0.560. The van der Waals surface area contributed by atoms with Crippen LogP contribution in [0.1, 0.15) is 84.5 Å². The Morgan fingerprint density at radius 1 is 0.704 bits per heavy atom. The molecule has 0 amide bonds. The summed E-state index contributed by atoms with van der Waals surface area (Å²) in [5.74, 6) is -0.782. The van der Waals surface area contributed by atoms with Crippen molar-refractivity contribution in [3.63, 3.8) is 0 Å². The maximum atomic E-state index is 11.1. The van der Waals surface area contributed by atoms with Crippen LogP contribution in [-0.4, -0.2) is 11.1 Å². The Morgan fingerprint density at radius 2 is 1.19 bits per heavy atom. The minimum Gasteiger partial charge on any atom is -0.481 e. The van der Waals surface area contributed by atoms with Crippen LogP contribution in [0.2, 0.25) is 0 Å². The van der Waals surface area contributed by atoms with Crippen molar-refractivity contribution in [1.82, 2.24) is 0 Å². The zero-order valence-corrected chi connectivity index (χ0v) is 17.5. The van der Waals surface area contributed by atoms with Crippen LogP contribution >= 0.6 is 0 Å². The third-order valence-electron chi connectivity index (χ3n) is 4.32. The van der Waals surface area contributed by atoms with Crippen molar-refractivity contribution in [2.45, 2.75) is 84.5 Å². The number of carboxylic acid groups (broad SMARTS) is 1. The molecule has 0 saturated heterocycles. The molecule has 0 heterocycles. The highest BCUT2D eigenvalue weighted by Crippen LogP contribution is 2.16. The van der Waals surface area contributed by atoms with E-state index in [1.54, 1.807) is 0 Å². The van der Waals surface area contributed by atoms with Crippen molar-refractivity contribution in [3.05, 3.63) is 60.8 Å². The monoisotopic (exact) mass is 372 g/mol. The molecule has 152 valence electrons. The smallest absolute Gasteiger partial charge is 0.306 e. The minimum absolute atomic E-state index is 0.150. The minimum atomic E-state index is -0.633. The quantitative estimate of drug-likeness (QED) is 0.209. The number of carbonyl (C=O) groups is 1. The maximum absolute atomic E-state index is 11.1. The molecule has 0 aliphatic carbocycles. The summed E-state index contributed by atoms with van der Waals surface area (Å²) in [7, 11) is 0. The van der Waals surface area contributed by atoms with E-state index in [2.05, 4.69) is 67.7 Å². The molecule has 1 unspecified atom stereocenters. The molecule has 0 rings (SSSR count). The standard InChI is InChI=1S/C25H40O2/c1-3-5-6-7-8-9-10-11-12-13-14-15-16-17-18-19-20-21-23-24(22-4-2)25(26)27/h5-6,8-9,11-12,14-15,17-18,24H,3-4,7,10,13,16,19-23H2,1-2H3,(H,26,27)/b6-5-,9-8-,12-11-,15-14-,18-17-. The van der Waals surface area contributed by atoms with E-state index in [-0.39, 0.29) is 5.92 Å². The second-order valence-corrected chi connectivity index (χ2v) is 6.82. The zero-order chi connectivity index (χ0) is 20.0. The van der Waals surface area contributed by atoms with Gasteiger partial charge in [0.25, 0.3) is 0 Å². The fourth-order valence-electron chi connectivity index (χ4n) is 2.76. The van der Waals surface area contributed by atoms with Gasteiger partial charge in [-0.25, -0.2) is 0 Å². The van der Waals surface area contributed by atoms with Gasteiger partial charge < -0.3 is 5.11 Å². The van der Waals surface area contributed by atoms with E-state index < -0.39 is 5.97 Å². The molecule has 0 aromatic heterocycles. The fourth-order valence-corrected chi connectivity index (χ4v) is 2.76. The molecule has 0 aromatic carbocycles. The second-order valence-electron chi connectivity index (χ2n) is 6.82. The molecule has 27 heavy (non-hydrogen) atoms. The summed E-state index contributed by atoms with van der Waals surface area (Å²) in [6, 6.07) is 0. The molecule has 1 N–H and O–H groups in total. The lowest BCUT2D eigenvalue weighted by Crippen LogP contribution is -2.13. The lowest BCUT2D eigenvalue weighted by molar-refractivity contribution is -0.142. The van der Waals surface area contributed by atoms with Crippen molar-refractivity contribution < 1.29 is 9.90 Å². The van der Waals surface area contributed by atoms with Gasteiger partial charge in [-0.2, -0.15) is 0 Å². The summed E-state index contributed by atoms with van der Waals surface area (Å²) in [6.45, 7) is 4.20. The zero-order valence-electron chi connectivity index (χ0n) is 17.5. The topological polar surface area (TPSA) is 37.3 Å². The van der Waals surface area contributed by atoms with Crippen LogP contribution < -0.4 is 0 Å². The predicted octanol–water partition coefficient (Wildman–Crippen LogP) is 7.80. The van der Waals surface area contributed by atoms with Crippen molar-refractivity contribution >= 4 is 5.97 Å². The van der Waals surface area contributed by atoms with Gasteiger partial charge in [0.1, 0.15) is 0 Å². The Bertz CT molecular complexity index is 481. The van der Waals surface area contributed by atoms with Gasteiger partial charge in [0.2, 0.25) is 0 Å². The molecule has 0 spiro atoms. The van der Waals surface area contributed by atoms with Crippen molar-refractivity contribution in [3.8, 4) is 0 Å². The average molecular weight is 373 g/mol. The molecule has 0 aromatic rings. The number of hydrogen-bond acceptors (Lipinski definition) is 1. The van der Waals surface area contributed by atoms with Gasteiger partial charge in [-0.1, -0.05) is 87.4 Å². The number of unbranched alkanes of at least 4 members (excludes halogenated alkanes) is 2. The molecule has 1 atom stereocenters. The average Bonchev–Trinajstić information content (AvgIpc) is 2.66. The van der Waals surface area contributed by atoms with E-state index in [0.717, 1.165) is 70.6 Å². The van der Waals surface area contributed by atoms with Gasteiger partial charge in [0.15, 0.2) is 0 Å². The number of aliphatic carboxylic acids is 1. The van der Waals surface area contributed by atoms with Crippen LogP contribution in [0.3, 0.4) is 0 Å². The molecule has 0 saturated carbocycles. The maximum Gasteiger partial charge on any atom is 0.306 e. The summed E-state index contributed by atoms with van der Waals surface area (Å²) >= 11 is 0.